The fraction of sp³-hybridized carbons (Fsp3) is 0.833. The minimum atomic E-state index is 0.768. The van der Waals surface area contributed by atoms with E-state index in [9.17, 15) is 0 Å². The summed E-state index contributed by atoms with van der Waals surface area (Å²) < 4.78 is 0. The molecule has 0 bridgehead atoms. The highest BCUT2D eigenvalue weighted by molar-refractivity contribution is 5.00. The lowest BCUT2D eigenvalue weighted by molar-refractivity contribution is 0.0985. The molecule has 0 aromatic heterocycles. The van der Waals surface area contributed by atoms with E-state index in [0.29, 0.717) is 0 Å². The molecule has 74 valence electrons. The molecule has 1 unspecified atom stereocenters. The molecule has 13 heavy (non-hydrogen) atoms. The molecule has 0 radical (unpaired) electrons. The number of allylic oxidation sites excluding steroid dienone is 1. The molecular formula is C12H21N. The van der Waals surface area contributed by atoms with Gasteiger partial charge >= 0.3 is 0 Å². The van der Waals surface area contributed by atoms with Crippen LogP contribution < -0.4 is 0 Å². The first-order chi connectivity index (χ1) is 6.42. The molecular weight excluding hydrogens is 158 g/mol. The summed E-state index contributed by atoms with van der Waals surface area (Å²) >= 11 is 0. The van der Waals surface area contributed by atoms with Crippen molar-refractivity contribution in [2.24, 2.45) is 0 Å². The quantitative estimate of drug-likeness (QED) is 0.602. The second kappa shape index (κ2) is 4.28. The number of rotatable bonds is 3. The third-order valence-corrected chi connectivity index (χ3v) is 3.56. The van der Waals surface area contributed by atoms with Crippen molar-refractivity contribution in [3.05, 3.63) is 12.2 Å². The van der Waals surface area contributed by atoms with Crippen LogP contribution in [0.1, 0.15) is 45.4 Å². The molecule has 0 N–H and O–H groups in total. The topological polar surface area (TPSA) is 3.24 Å². The molecule has 1 atom stereocenters. The van der Waals surface area contributed by atoms with E-state index in [0.717, 1.165) is 12.1 Å². The average molecular weight is 179 g/mol. The third kappa shape index (κ3) is 1.96. The Morgan fingerprint density at radius 3 is 2.54 bits per heavy atom. The standard InChI is InChI=1S/C12H21N/c1-2-13(12-9-6-10-12)11-7-4-3-5-8-11/h4,7,11-12H,2-3,5-6,8-10H2,1H3. The normalized spacial score (nSPS) is 29.2. The second-order valence-electron chi connectivity index (χ2n) is 4.34. The Labute approximate surface area is 81.8 Å². The van der Waals surface area contributed by atoms with Crippen molar-refractivity contribution in [2.75, 3.05) is 6.54 Å². The van der Waals surface area contributed by atoms with E-state index < -0.39 is 0 Å². The van der Waals surface area contributed by atoms with Gasteiger partial charge in [-0.05, 0) is 38.6 Å². The Morgan fingerprint density at radius 2 is 2.08 bits per heavy atom. The lowest BCUT2D eigenvalue weighted by Gasteiger charge is -2.41. The van der Waals surface area contributed by atoms with Gasteiger partial charge in [0.2, 0.25) is 0 Å². The zero-order valence-corrected chi connectivity index (χ0v) is 8.71. The minimum Gasteiger partial charge on any atom is -0.294 e. The summed E-state index contributed by atoms with van der Waals surface area (Å²) in [6.45, 7) is 3.54. The molecule has 0 saturated heterocycles. The van der Waals surface area contributed by atoms with Crippen LogP contribution in [0, 0.1) is 0 Å². The van der Waals surface area contributed by atoms with Crippen molar-refractivity contribution in [1.82, 2.24) is 4.90 Å². The third-order valence-electron chi connectivity index (χ3n) is 3.56. The van der Waals surface area contributed by atoms with Crippen LogP contribution in [0.25, 0.3) is 0 Å². The van der Waals surface area contributed by atoms with Crippen molar-refractivity contribution in [3.63, 3.8) is 0 Å². The highest BCUT2D eigenvalue weighted by Crippen LogP contribution is 2.29. The van der Waals surface area contributed by atoms with Crippen LogP contribution in [-0.2, 0) is 0 Å². The van der Waals surface area contributed by atoms with Crippen molar-refractivity contribution in [1.29, 1.82) is 0 Å². The Bertz CT molecular complexity index is 182. The molecule has 1 heteroatoms. The van der Waals surface area contributed by atoms with Crippen molar-refractivity contribution in [3.8, 4) is 0 Å². The second-order valence-corrected chi connectivity index (χ2v) is 4.34. The van der Waals surface area contributed by atoms with Gasteiger partial charge in [-0.15, -0.1) is 0 Å². The van der Waals surface area contributed by atoms with Gasteiger partial charge in [-0.25, -0.2) is 0 Å². The van der Waals surface area contributed by atoms with E-state index in [1.54, 1.807) is 0 Å². The van der Waals surface area contributed by atoms with Gasteiger partial charge in [0.25, 0.3) is 0 Å². The van der Waals surface area contributed by atoms with E-state index in [1.165, 1.54) is 45.1 Å². The monoisotopic (exact) mass is 179 g/mol. The molecule has 2 aliphatic carbocycles. The van der Waals surface area contributed by atoms with E-state index in [-0.39, 0.29) is 0 Å². The number of hydrogen-bond acceptors (Lipinski definition) is 1. The fourth-order valence-electron chi connectivity index (χ4n) is 2.55. The largest absolute Gasteiger partial charge is 0.294 e. The molecule has 0 aromatic carbocycles. The zero-order valence-electron chi connectivity index (χ0n) is 8.71. The van der Waals surface area contributed by atoms with Crippen LogP contribution in [0.2, 0.25) is 0 Å². The molecule has 0 aliphatic heterocycles. The van der Waals surface area contributed by atoms with Crippen molar-refractivity contribution >= 4 is 0 Å². The van der Waals surface area contributed by atoms with Gasteiger partial charge in [-0.2, -0.15) is 0 Å². The van der Waals surface area contributed by atoms with Gasteiger partial charge in [0.1, 0.15) is 0 Å². The summed E-state index contributed by atoms with van der Waals surface area (Å²) in [5.41, 5.74) is 0. The number of nitrogens with zero attached hydrogens (tertiary/aromatic N) is 1. The molecule has 0 aromatic rings. The lowest BCUT2D eigenvalue weighted by atomic mass is 9.88. The molecule has 1 saturated carbocycles. The predicted molar refractivity (Wildman–Crippen MR) is 56.8 cm³/mol. The van der Waals surface area contributed by atoms with Crippen LogP contribution in [0.3, 0.4) is 0 Å². The lowest BCUT2D eigenvalue weighted by Crippen LogP contribution is -2.46. The van der Waals surface area contributed by atoms with Gasteiger partial charge in [0, 0.05) is 12.1 Å². The highest BCUT2D eigenvalue weighted by Gasteiger charge is 2.28. The van der Waals surface area contributed by atoms with Crippen LogP contribution >= 0.6 is 0 Å². The Hall–Kier alpha value is -0.300. The molecule has 0 amide bonds. The van der Waals surface area contributed by atoms with E-state index in [4.69, 9.17) is 0 Å². The maximum Gasteiger partial charge on any atom is 0.0281 e. The molecule has 2 rings (SSSR count). The van der Waals surface area contributed by atoms with Gasteiger partial charge in [0.05, 0.1) is 0 Å². The van der Waals surface area contributed by atoms with Crippen molar-refractivity contribution < 1.29 is 0 Å². The average Bonchev–Trinajstić information content (AvgIpc) is 2.12. The maximum absolute atomic E-state index is 2.71. The summed E-state index contributed by atoms with van der Waals surface area (Å²) in [7, 11) is 0. The summed E-state index contributed by atoms with van der Waals surface area (Å²) in [6, 6.07) is 1.68. The van der Waals surface area contributed by atoms with Gasteiger partial charge in [-0.1, -0.05) is 25.5 Å². The molecule has 0 spiro atoms. The maximum atomic E-state index is 2.71. The Morgan fingerprint density at radius 1 is 1.23 bits per heavy atom. The Balaban J connectivity index is 1.93. The summed E-state index contributed by atoms with van der Waals surface area (Å²) in [6.07, 6.45) is 13.2. The molecule has 0 heterocycles. The van der Waals surface area contributed by atoms with Crippen LogP contribution in [0.15, 0.2) is 12.2 Å². The van der Waals surface area contributed by atoms with E-state index >= 15 is 0 Å². The van der Waals surface area contributed by atoms with Gasteiger partial charge in [-0.3, -0.25) is 4.90 Å². The minimum absolute atomic E-state index is 0.768. The SMILES string of the molecule is CCN(C1C=CCCC1)C1CCC1. The summed E-state index contributed by atoms with van der Waals surface area (Å²) in [5, 5.41) is 0. The molecule has 2 aliphatic rings. The van der Waals surface area contributed by atoms with Crippen molar-refractivity contribution in [2.45, 2.75) is 57.5 Å². The highest BCUT2D eigenvalue weighted by atomic mass is 15.2. The first kappa shape index (κ1) is 9.26. The number of likely N-dealkylation sites (N-methyl/N-ethyl adjacent to an activating group) is 1. The predicted octanol–water partition coefficient (Wildman–Crippen LogP) is 2.97. The van der Waals surface area contributed by atoms with E-state index in [1.807, 2.05) is 0 Å². The smallest absolute Gasteiger partial charge is 0.0281 e. The number of hydrogen-bond donors (Lipinski definition) is 0. The van der Waals surface area contributed by atoms with Gasteiger partial charge < -0.3 is 0 Å². The summed E-state index contributed by atoms with van der Waals surface area (Å²) in [5.74, 6) is 0. The first-order valence-corrected chi connectivity index (χ1v) is 5.84. The van der Waals surface area contributed by atoms with E-state index in [2.05, 4.69) is 24.0 Å². The van der Waals surface area contributed by atoms with Gasteiger partial charge in [0.15, 0.2) is 0 Å². The summed E-state index contributed by atoms with van der Waals surface area (Å²) in [4.78, 5) is 2.71. The molecule has 1 nitrogen and oxygen atoms in total. The molecule has 1 fully saturated rings. The first-order valence-electron chi connectivity index (χ1n) is 5.84. The Kier molecular flexibility index (Phi) is 3.05. The fourth-order valence-corrected chi connectivity index (χ4v) is 2.55. The van der Waals surface area contributed by atoms with Crippen LogP contribution in [0.5, 0.6) is 0 Å². The van der Waals surface area contributed by atoms with Crippen LogP contribution in [0.4, 0.5) is 0 Å². The van der Waals surface area contributed by atoms with Crippen LogP contribution in [-0.4, -0.2) is 23.5 Å². The zero-order chi connectivity index (χ0) is 9.10.